The van der Waals surface area contributed by atoms with E-state index in [0.717, 1.165) is 6.42 Å². The summed E-state index contributed by atoms with van der Waals surface area (Å²) >= 11 is 3.60. The molecule has 1 aliphatic heterocycles. The van der Waals surface area contributed by atoms with Crippen LogP contribution in [0.1, 0.15) is 19.3 Å². The van der Waals surface area contributed by atoms with Gasteiger partial charge >= 0.3 is 0 Å². The number of hydrogen-bond acceptors (Lipinski definition) is 2. The van der Waals surface area contributed by atoms with Gasteiger partial charge in [-0.15, -0.1) is 0 Å². The molecule has 0 saturated carbocycles. The van der Waals surface area contributed by atoms with Crippen molar-refractivity contribution >= 4 is 29.9 Å². The number of aliphatic hydroxyl groups excluding tert-OH is 1. The maximum absolute atomic E-state index is 11.4. The van der Waals surface area contributed by atoms with Crippen molar-refractivity contribution in [2.75, 3.05) is 6.54 Å². The van der Waals surface area contributed by atoms with Crippen LogP contribution in [0.25, 0.3) is 0 Å². The standard InChI is InChI=1S/C11H20BrNO2Si/c1-16(2,3)9(12)5-4-8-13-10(14)6-7-11(13)15/h5,10,14H,4,6-8H2,1-3H3/b9-5+. The van der Waals surface area contributed by atoms with E-state index in [1.165, 1.54) is 4.11 Å². The molecule has 1 amide bonds. The van der Waals surface area contributed by atoms with Gasteiger partial charge in [0, 0.05) is 19.4 Å². The van der Waals surface area contributed by atoms with Crippen LogP contribution < -0.4 is 0 Å². The van der Waals surface area contributed by atoms with E-state index < -0.39 is 14.3 Å². The number of likely N-dealkylation sites (tertiary alicyclic amines) is 1. The maximum Gasteiger partial charge on any atom is 0.224 e. The molecular formula is C11H20BrNO2Si. The van der Waals surface area contributed by atoms with E-state index in [4.69, 9.17) is 0 Å². The van der Waals surface area contributed by atoms with Crippen LogP contribution in [0.4, 0.5) is 0 Å². The zero-order valence-corrected chi connectivity index (χ0v) is 12.7. The summed E-state index contributed by atoms with van der Waals surface area (Å²) in [6, 6.07) is 0. The molecule has 1 N–H and O–H groups in total. The van der Waals surface area contributed by atoms with E-state index in [2.05, 4.69) is 41.6 Å². The molecular weight excluding hydrogens is 286 g/mol. The van der Waals surface area contributed by atoms with E-state index in [1.807, 2.05) is 0 Å². The molecule has 0 bridgehead atoms. The number of halogens is 1. The quantitative estimate of drug-likeness (QED) is 0.811. The molecule has 1 heterocycles. The van der Waals surface area contributed by atoms with Gasteiger partial charge in [0.15, 0.2) is 0 Å². The Hall–Kier alpha value is -0.133. The molecule has 3 nitrogen and oxygen atoms in total. The molecule has 0 aromatic carbocycles. The highest BCUT2D eigenvalue weighted by atomic mass is 79.9. The van der Waals surface area contributed by atoms with E-state index in [1.54, 1.807) is 4.90 Å². The number of rotatable bonds is 4. The molecule has 92 valence electrons. The van der Waals surface area contributed by atoms with Crippen LogP contribution >= 0.6 is 15.9 Å². The minimum Gasteiger partial charge on any atom is -0.374 e. The molecule has 1 fully saturated rings. The smallest absolute Gasteiger partial charge is 0.224 e. The van der Waals surface area contributed by atoms with Gasteiger partial charge in [-0.25, -0.2) is 0 Å². The summed E-state index contributed by atoms with van der Waals surface area (Å²) in [5.74, 6) is 0.0741. The van der Waals surface area contributed by atoms with E-state index in [-0.39, 0.29) is 5.91 Å². The normalized spacial score (nSPS) is 23.1. The topological polar surface area (TPSA) is 40.5 Å². The highest BCUT2D eigenvalue weighted by Gasteiger charge is 2.28. The summed E-state index contributed by atoms with van der Waals surface area (Å²) in [4.78, 5) is 13.0. The molecule has 0 radical (unpaired) electrons. The third-order valence-electron chi connectivity index (χ3n) is 2.71. The minimum atomic E-state index is -1.26. The van der Waals surface area contributed by atoms with Crippen molar-refractivity contribution in [3.8, 4) is 0 Å². The Labute approximate surface area is 107 Å². The van der Waals surface area contributed by atoms with Crippen LogP contribution in [0.15, 0.2) is 10.2 Å². The Morgan fingerprint density at radius 1 is 1.62 bits per heavy atom. The average molecular weight is 306 g/mol. The third kappa shape index (κ3) is 3.71. The van der Waals surface area contributed by atoms with Crippen LogP contribution in [-0.2, 0) is 4.79 Å². The number of hydrogen-bond donors (Lipinski definition) is 1. The SMILES string of the molecule is C[Si](C)(C)/C(Br)=C/CCN1C(=O)CCC1O. The largest absolute Gasteiger partial charge is 0.374 e. The summed E-state index contributed by atoms with van der Waals surface area (Å²) < 4.78 is 1.28. The Morgan fingerprint density at radius 2 is 2.25 bits per heavy atom. The molecule has 1 unspecified atom stereocenters. The second kappa shape index (κ2) is 5.47. The van der Waals surface area contributed by atoms with Crippen LogP contribution in [0.2, 0.25) is 19.6 Å². The lowest BCUT2D eigenvalue weighted by Crippen LogP contribution is -2.33. The lowest BCUT2D eigenvalue weighted by atomic mass is 10.3. The van der Waals surface area contributed by atoms with Crippen molar-refractivity contribution in [2.24, 2.45) is 0 Å². The first-order valence-corrected chi connectivity index (χ1v) is 9.95. The first-order chi connectivity index (χ1) is 7.32. The van der Waals surface area contributed by atoms with Crippen molar-refractivity contribution < 1.29 is 9.90 Å². The number of aliphatic hydroxyl groups is 1. The van der Waals surface area contributed by atoms with Crippen molar-refractivity contribution in [3.63, 3.8) is 0 Å². The number of carbonyl (C=O) groups is 1. The van der Waals surface area contributed by atoms with Crippen LogP contribution in [-0.4, -0.2) is 36.8 Å². The lowest BCUT2D eigenvalue weighted by Gasteiger charge is -2.20. The molecule has 1 saturated heterocycles. The van der Waals surface area contributed by atoms with Crippen molar-refractivity contribution in [2.45, 2.75) is 45.1 Å². The Bertz CT molecular complexity index is 299. The molecule has 1 atom stereocenters. The predicted molar refractivity (Wildman–Crippen MR) is 71.9 cm³/mol. The van der Waals surface area contributed by atoms with Crippen molar-refractivity contribution in [3.05, 3.63) is 10.2 Å². The summed E-state index contributed by atoms with van der Waals surface area (Å²) in [5, 5.41) is 9.57. The second-order valence-corrected chi connectivity index (χ2v) is 11.8. The fraction of sp³-hybridized carbons (Fsp3) is 0.727. The lowest BCUT2D eigenvalue weighted by molar-refractivity contribution is -0.133. The molecule has 5 heteroatoms. The van der Waals surface area contributed by atoms with Gasteiger partial charge in [-0.05, 0) is 10.5 Å². The Kier molecular flexibility index (Phi) is 4.76. The minimum absolute atomic E-state index is 0.0741. The average Bonchev–Trinajstić information content (AvgIpc) is 2.47. The molecule has 1 rings (SSSR count). The summed E-state index contributed by atoms with van der Waals surface area (Å²) in [7, 11) is -1.26. The van der Waals surface area contributed by atoms with Gasteiger partial charge in [-0.3, -0.25) is 4.79 Å². The summed E-state index contributed by atoms with van der Waals surface area (Å²) in [6.45, 7) is 7.43. The highest BCUT2D eigenvalue weighted by molar-refractivity contribution is 9.12. The predicted octanol–water partition coefficient (Wildman–Crippen LogP) is 2.47. The van der Waals surface area contributed by atoms with Crippen molar-refractivity contribution in [1.29, 1.82) is 0 Å². The number of amides is 1. The Balaban J connectivity index is 2.44. The van der Waals surface area contributed by atoms with Crippen LogP contribution in [0, 0.1) is 0 Å². The van der Waals surface area contributed by atoms with Gasteiger partial charge in [0.2, 0.25) is 5.91 Å². The van der Waals surface area contributed by atoms with Crippen LogP contribution in [0.5, 0.6) is 0 Å². The second-order valence-electron chi connectivity index (χ2n) is 5.20. The number of carbonyl (C=O) groups excluding carboxylic acids is 1. The van der Waals surface area contributed by atoms with Gasteiger partial charge < -0.3 is 10.0 Å². The summed E-state index contributed by atoms with van der Waals surface area (Å²) in [5.41, 5.74) is 0. The van der Waals surface area contributed by atoms with E-state index >= 15 is 0 Å². The fourth-order valence-corrected chi connectivity index (χ4v) is 2.61. The van der Waals surface area contributed by atoms with E-state index in [0.29, 0.717) is 19.4 Å². The van der Waals surface area contributed by atoms with Gasteiger partial charge in [-0.1, -0.05) is 41.6 Å². The van der Waals surface area contributed by atoms with Gasteiger partial charge in [0.05, 0.1) is 8.07 Å². The maximum atomic E-state index is 11.4. The first-order valence-electron chi connectivity index (χ1n) is 5.66. The third-order valence-corrected chi connectivity index (χ3v) is 8.24. The summed E-state index contributed by atoms with van der Waals surface area (Å²) in [6.07, 6.45) is 3.46. The molecule has 0 aromatic rings. The van der Waals surface area contributed by atoms with Crippen molar-refractivity contribution in [1.82, 2.24) is 4.90 Å². The molecule has 0 spiro atoms. The fourth-order valence-electron chi connectivity index (χ4n) is 1.63. The molecule has 0 aliphatic carbocycles. The van der Waals surface area contributed by atoms with Gasteiger partial charge in [0.1, 0.15) is 6.23 Å². The van der Waals surface area contributed by atoms with Gasteiger partial charge in [-0.2, -0.15) is 0 Å². The molecule has 16 heavy (non-hydrogen) atoms. The number of nitrogens with zero attached hydrogens (tertiary/aromatic N) is 1. The zero-order valence-electron chi connectivity index (χ0n) is 10.2. The monoisotopic (exact) mass is 305 g/mol. The molecule has 1 aliphatic rings. The Morgan fingerprint density at radius 3 is 2.69 bits per heavy atom. The van der Waals surface area contributed by atoms with E-state index in [9.17, 15) is 9.90 Å². The highest BCUT2D eigenvalue weighted by Crippen LogP contribution is 2.22. The van der Waals surface area contributed by atoms with Gasteiger partial charge in [0.25, 0.3) is 0 Å². The van der Waals surface area contributed by atoms with Crippen LogP contribution in [0.3, 0.4) is 0 Å². The first kappa shape index (κ1) is 13.9. The molecule has 0 aromatic heterocycles. The zero-order chi connectivity index (χ0) is 12.3.